The van der Waals surface area contributed by atoms with Gasteiger partial charge in [-0.3, -0.25) is 13.9 Å². The van der Waals surface area contributed by atoms with Crippen molar-refractivity contribution in [1.82, 2.24) is 10.2 Å². The highest BCUT2D eigenvalue weighted by Gasteiger charge is 2.33. The third kappa shape index (κ3) is 7.61. The second-order valence-electron chi connectivity index (χ2n) is 8.80. The molecule has 0 unspecified atom stereocenters. The van der Waals surface area contributed by atoms with Crippen LogP contribution in [0.3, 0.4) is 0 Å². The molecule has 10 heteroatoms. The highest BCUT2D eigenvalue weighted by Crippen LogP contribution is 2.31. The van der Waals surface area contributed by atoms with Crippen LogP contribution in [-0.2, 0) is 26.2 Å². The third-order valence-electron chi connectivity index (χ3n) is 5.97. The fraction of sp³-hybridized carbons (Fsp3) is 0.462. The highest BCUT2D eigenvalue weighted by atomic mass is 35.5. The van der Waals surface area contributed by atoms with E-state index in [0.717, 1.165) is 22.5 Å². The first-order chi connectivity index (χ1) is 16.9. The molecule has 2 rings (SSSR count). The van der Waals surface area contributed by atoms with E-state index in [0.29, 0.717) is 22.8 Å². The maximum atomic E-state index is 13.8. The van der Waals surface area contributed by atoms with Crippen molar-refractivity contribution in [1.29, 1.82) is 0 Å². The monoisotopic (exact) mass is 537 g/mol. The van der Waals surface area contributed by atoms with Crippen LogP contribution in [0.2, 0.25) is 5.02 Å². The lowest BCUT2D eigenvalue weighted by molar-refractivity contribution is -0.140. The molecule has 2 aromatic rings. The number of nitrogens with one attached hydrogen (secondary N) is 1. The number of amides is 2. The first kappa shape index (κ1) is 29.5. The van der Waals surface area contributed by atoms with E-state index in [4.69, 9.17) is 16.3 Å². The molecule has 0 aromatic heterocycles. The molecule has 0 radical (unpaired) electrons. The Morgan fingerprint density at radius 2 is 1.78 bits per heavy atom. The van der Waals surface area contributed by atoms with Gasteiger partial charge in [-0.05, 0) is 56.0 Å². The van der Waals surface area contributed by atoms with Crippen molar-refractivity contribution in [2.24, 2.45) is 0 Å². The molecule has 2 amide bonds. The molecule has 2 aromatic carbocycles. The van der Waals surface area contributed by atoms with Crippen LogP contribution in [0.5, 0.6) is 5.75 Å². The highest BCUT2D eigenvalue weighted by molar-refractivity contribution is 7.92. The SMILES string of the molecule is CC[C@H](C)NC(=O)[C@H](CC)N(Cc1ccccc1Cl)C(=O)CN(c1cc(C)ccc1OC)S(C)(=O)=O. The van der Waals surface area contributed by atoms with Crippen LogP contribution < -0.4 is 14.4 Å². The van der Waals surface area contributed by atoms with Crippen molar-refractivity contribution in [3.8, 4) is 5.75 Å². The summed E-state index contributed by atoms with van der Waals surface area (Å²) < 4.78 is 32.1. The van der Waals surface area contributed by atoms with Gasteiger partial charge in [0.25, 0.3) is 0 Å². The number of sulfonamides is 1. The summed E-state index contributed by atoms with van der Waals surface area (Å²) in [6.45, 7) is 7.02. The second kappa shape index (κ2) is 13.0. The van der Waals surface area contributed by atoms with E-state index >= 15 is 0 Å². The molecule has 0 aliphatic heterocycles. The maximum absolute atomic E-state index is 13.8. The number of rotatable bonds is 12. The van der Waals surface area contributed by atoms with Crippen LogP contribution in [0.4, 0.5) is 5.69 Å². The molecule has 0 bridgehead atoms. The van der Waals surface area contributed by atoms with Gasteiger partial charge in [0.15, 0.2) is 0 Å². The number of ether oxygens (including phenoxy) is 1. The average Bonchev–Trinajstić information content (AvgIpc) is 2.82. The molecule has 0 saturated carbocycles. The number of nitrogens with zero attached hydrogens (tertiary/aromatic N) is 2. The van der Waals surface area contributed by atoms with Gasteiger partial charge in [0.05, 0.1) is 19.1 Å². The van der Waals surface area contributed by atoms with Crippen LogP contribution in [0.15, 0.2) is 42.5 Å². The maximum Gasteiger partial charge on any atom is 0.244 e. The molecular formula is C26H36ClN3O5S. The van der Waals surface area contributed by atoms with Crippen molar-refractivity contribution in [2.75, 3.05) is 24.2 Å². The summed E-state index contributed by atoms with van der Waals surface area (Å²) >= 11 is 6.38. The summed E-state index contributed by atoms with van der Waals surface area (Å²) in [5.74, 6) is -0.514. The van der Waals surface area contributed by atoms with Crippen molar-refractivity contribution in [2.45, 2.75) is 59.2 Å². The van der Waals surface area contributed by atoms with Gasteiger partial charge < -0.3 is 15.0 Å². The van der Waals surface area contributed by atoms with Crippen molar-refractivity contribution in [3.05, 3.63) is 58.6 Å². The van der Waals surface area contributed by atoms with Crippen LogP contribution in [0, 0.1) is 6.92 Å². The Balaban J connectivity index is 2.53. The third-order valence-corrected chi connectivity index (χ3v) is 7.46. The number of anilines is 1. The second-order valence-corrected chi connectivity index (χ2v) is 11.1. The molecule has 0 aliphatic rings. The summed E-state index contributed by atoms with van der Waals surface area (Å²) in [5.41, 5.74) is 1.71. The number of benzene rings is 2. The Labute approximate surface area is 219 Å². The smallest absolute Gasteiger partial charge is 0.244 e. The van der Waals surface area contributed by atoms with Gasteiger partial charge in [-0.2, -0.15) is 0 Å². The van der Waals surface area contributed by atoms with E-state index in [-0.39, 0.29) is 24.2 Å². The quantitative estimate of drug-likeness (QED) is 0.439. The molecule has 1 N–H and O–H groups in total. The molecule has 8 nitrogen and oxygen atoms in total. The molecular weight excluding hydrogens is 502 g/mol. The number of methoxy groups -OCH3 is 1. The van der Waals surface area contributed by atoms with Crippen LogP contribution in [-0.4, -0.2) is 57.1 Å². The number of halogens is 1. The standard InChI is InChI=1S/C26H36ClN3O5S/c1-7-19(4)28-26(32)22(8-2)29(16-20-11-9-10-12-21(20)27)25(31)17-30(36(6,33)34)23-15-18(3)13-14-24(23)35-5/h9-15,19,22H,7-8,16-17H2,1-6H3,(H,28,32)/t19-,22-/m0/s1. The summed E-state index contributed by atoms with van der Waals surface area (Å²) in [7, 11) is -2.44. The number of aryl methyl sites for hydroxylation is 1. The van der Waals surface area contributed by atoms with Gasteiger partial charge in [-0.25, -0.2) is 8.42 Å². The van der Waals surface area contributed by atoms with E-state index in [2.05, 4.69) is 5.32 Å². The Kier molecular flexibility index (Phi) is 10.6. The average molecular weight is 538 g/mol. The lowest BCUT2D eigenvalue weighted by atomic mass is 10.1. The zero-order valence-electron chi connectivity index (χ0n) is 21.7. The van der Waals surface area contributed by atoms with E-state index in [1.165, 1.54) is 12.0 Å². The number of carbonyl (C=O) groups excluding carboxylic acids is 2. The fourth-order valence-electron chi connectivity index (χ4n) is 3.76. The van der Waals surface area contributed by atoms with Gasteiger partial charge in [-0.15, -0.1) is 0 Å². The van der Waals surface area contributed by atoms with Crippen molar-refractivity contribution in [3.63, 3.8) is 0 Å². The van der Waals surface area contributed by atoms with E-state index < -0.39 is 28.5 Å². The molecule has 0 fully saturated rings. The molecule has 2 atom stereocenters. The largest absolute Gasteiger partial charge is 0.495 e. The number of carbonyl (C=O) groups is 2. The van der Waals surface area contributed by atoms with Crippen molar-refractivity contribution >= 4 is 39.1 Å². The van der Waals surface area contributed by atoms with Gasteiger partial charge >= 0.3 is 0 Å². The molecule has 0 aliphatic carbocycles. The van der Waals surface area contributed by atoms with Crippen LogP contribution in [0.1, 0.15) is 44.7 Å². The fourth-order valence-corrected chi connectivity index (χ4v) is 4.80. The summed E-state index contributed by atoms with van der Waals surface area (Å²) in [6, 6.07) is 11.3. The molecule has 0 heterocycles. The minimum absolute atomic E-state index is 0.0491. The van der Waals surface area contributed by atoms with E-state index in [9.17, 15) is 18.0 Å². The molecule has 0 saturated heterocycles. The first-order valence-electron chi connectivity index (χ1n) is 11.9. The van der Waals surface area contributed by atoms with Crippen LogP contribution >= 0.6 is 11.6 Å². The lowest BCUT2D eigenvalue weighted by Crippen LogP contribution is -2.53. The Morgan fingerprint density at radius 3 is 2.33 bits per heavy atom. The summed E-state index contributed by atoms with van der Waals surface area (Å²) in [6.07, 6.45) is 2.11. The predicted octanol–water partition coefficient (Wildman–Crippen LogP) is 4.15. The van der Waals surface area contributed by atoms with E-state index in [1.807, 2.05) is 27.7 Å². The summed E-state index contributed by atoms with van der Waals surface area (Å²) in [5, 5.41) is 3.39. The number of hydrogen-bond acceptors (Lipinski definition) is 5. The predicted molar refractivity (Wildman–Crippen MR) is 144 cm³/mol. The zero-order valence-corrected chi connectivity index (χ0v) is 23.3. The van der Waals surface area contributed by atoms with Gasteiger partial charge in [-0.1, -0.05) is 49.7 Å². The van der Waals surface area contributed by atoms with Gasteiger partial charge in [0.1, 0.15) is 18.3 Å². The Hall–Kier alpha value is -2.78. The van der Waals surface area contributed by atoms with Crippen LogP contribution in [0.25, 0.3) is 0 Å². The first-order valence-corrected chi connectivity index (χ1v) is 14.1. The molecule has 0 spiro atoms. The lowest BCUT2D eigenvalue weighted by Gasteiger charge is -2.33. The molecule has 198 valence electrons. The topological polar surface area (TPSA) is 96.0 Å². The number of hydrogen-bond donors (Lipinski definition) is 1. The van der Waals surface area contributed by atoms with Crippen molar-refractivity contribution < 1.29 is 22.7 Å². The summed E-state index contributed by atoms with van der Waals surface area (Å²) in [4.78, 5) is 28.4. The Bertz CT molecular complexity index is 1170. The minimum Gasteiger partial charge on any atom is -0.495 e. The van der Waals surface area contributed by atoms with Gasteiger partial charge in [0.2, 0.25) is 21.8 Å². The zero-order chi connectivity index (χ0) is 27.0. The molecule has 36 heavy (non-hydrogen) atoms. The van der Waals surface area contributed by atoms with E-state index in [1.54, 1.807) is 42.5 Å². The van der Waals surface area contributed by atoms with Gasteiger partial charge in [0, 0.05) is 17.6 Å². The normalized spacial score (nSPS) is 13.0. The minimum atomic E-state index is -3.87. The Morgan fingerprint density at radius 1 is 1.11 bits per heavy atom.